The first-order chi connectivity index (χ1) is 14.0. The highest BCUT2D eigenvalue weighted by Gasteiger charge is 2.23. The van der Waals surface area contributed by atoms with Gasteiger partial charge in [-0.1, -0.05) is 30.3 Å². The largest absolute Gasteiger partial charge is 0.384 e. The Bertz CT molecular complexity index is 1050. The van der Waals surface area contributed by atoms with Crippen molar-refractivity contribution in [1.29, 1.82) is 5.26 Å². The van der Waals surface area contributed by atoms with Crippen LogP contribution in [0.5, 0.6) is 0 Å². The number of rotatable bonds is 4. The van der Waals surface area contributed by atoms with Gasteiger partial charge in [-0.25, -0.2) is 13.5 Å². The second kappa shape index (κ2) is 7.92. The molecule has 1 aliphatic heterocycles. The molecule has 0 aliphatic carbocycles. The second-order valence-electron chi connectivity index (χ2n) is 7.36. The second-order valence-corrected chi connectivity index (χ2v) is 7.36. The monoisotopic (exact) mass is 393 g/mol. The average molecular weight is 393 g/mol. The van der Waals surface area contributed by atoms with Crippen molar-refractivity contribution in [2.75, 3.05) is 18.8 Å². The van der Waals surface area contributed by atoms with E-state index in [4.69, 9.17) is 11.0 Å². The molecule has 148 valence electrons. The SMILES string of the molecule is N#CN1CCC[C@@H](n2nc(-c3ccc(Cc4ccc(F)c(F)c4)cc3)cc2N)C1. The van der Waals surface area contributed by atoms with Crippen LogP contribution in [-0.4, -0.2) is 27.8 Å². The predicted molar refractivity (Wildman–Crippen MR) is 107 cm³/mol. The molecule has 1 atom stereocenters. The van der Waals surface area contributed by atoms with E-state index in [1.807, 2.05) is 35.0 Å². The molecule has 29 heavy (non-hydrogen) atoms. The summed E-state index contributed by atoms with van der Waals surface area (Å²) in [5.41, 5.74) is 9.59. The fraction of sp³-hybridized carbons (Fsp3) is 0.273. The van der Waals surface area contributed by atoms with Gasteiger partial charge in [0, 0.05) is 18.2 Å². The molecule has 1 saturated heterocycles. The number of piperidine rings is 1. The lowest BCUT2D eigenvalue weighted by Crippen LogP contribution is -2.34. The molecule has 2 N–H and O–H groups in total. The van der Waals surface area contributed by atoms with Crippen LogP contribution in [0.2, 0.25) is 0 Å². The first-order valence-corrected chi connectivity index (χ1v) is 9.56. The van der Waals surface area contributed by atoms with Crippen molar-refractivity contribution in [1.82, 2.24) is 14.7 Å². The van der Waals surface area contributed by atoms with Crippen LogP contribution in [0.1, 0.15) is 30.0 Å². The molecule has 0 bridgehead atoms. The molecular weight excluding hydrogens is 372 g/mol. The third-order valence-electron chi connectivity index (χ3n) is 5.29. The molecule has 1 aliphatic rings. The summed E-state index contributed by atoms with van der Waals surface area (Å²) < 4.78 is 28.3. The highest BCUT2D eigenvalue weighted by molar-refractivity contribution is 5.62. The first-order valence-electron chi connectivity index (χ1n) is 9.56. The van der Waals surface area contributed by atoms with E-state index in [1.165, 1.54) is 6.07 Å². The zero-order chi connectivity index (χ0) is 20.4. The smallest absolute Gasteiger partial charge is 0.179 e. The third kappa shape index (κ3) is 4.06. The topological polar surface area (TPSA) is 70.9 Å². The fourth-order valence-electron chi connectivity index (χ4n) is 3.77. The Hall–Kier alpha value is -3.40. The van der Waals surface area contributed by atoms with Crippen LogP contribution in [0, 0.1) is 23.1 Å². The summed E-state index contributed by atoms with van der Waals surface area (Å²) >= 11 is 0. The lowest BCUT2D eigenvalue weighted by Gasteiger charge is -2.29. The lowest BCUT2D eigenvalue weighted by atomic mass is 10.0. The van der Waals surface area contributed by atoms with Gasteiger partial charge in [0.1, 0.15) is 5.82 Å². The van der Waals surface area contributed by atoms with Crippen LogP contribution in [0.15, 0.2) is 48.5 Å². The number of likely N-dealkylation sites (tertiary alicyclic amines) is 1. The summed E-state index contributed by atoms with van der Waals surface area (Å²) in [5.74, 6) is -1.10. The van der Waals surface area contributed by atoms with E-state index in [0.29, 0.717) is 24.3 Å². The number of nitrogens with two attached hydrogens (primary N) is 1. The zero-order valence-electron chi connectivity index (χ0n) is 15.9. The molecule has 0 radical (unpaired) electrons. The van der Waals surface area contributed by atoms with Gasteiger partial charge in [-0.2, -0.15) is 10.4 Å². The van der Waals surface area contributed by atoms with Gasteiger partial charge >= 0.3 is 0 Å². The molecule has 1 aromatic heterocycles. The number of anilines is 1. The highest BCUT2D eigenvalue weighted by atomic mass is 19.2. The maximum atomic E-state index is 13.4. The summed E-state index contributed by atoms with van der Waals surface area (Å²) in [6.45, 7) is 1.40. The van der Waals surface area contributed by atoms with Crippen LogP contribution in [0.3, 0.4) is 0 Å². The van der Waals surface area contributed by atoms with E-state index in [0.717, 1.165) is 42.3 Å². The van der Waals surface area contributed by atoms with Crippen LogP contribution >= 0.6 is 0 Å². The molecule has 2 aromatic carbocycles. The Kier molecular flexibility index (Phi) is 5.17. The van der Waals surface area contributed by atoms with E-state index in [-0.39, 0.29) is 6.04 Å². The van der Waals surface area contributed by atoms with Gasteiger partial charge in [-0.15, -0.1) is 0 Å². The minimum atomic E-state index is -0.840. The van der Waals surface area contributed by atoms with Crippen molar-refractivity contribution < 1.29 is 8.78 Å². The summed E-state index contributed by atoms with van der Waals surface area (Å²) in [6.07, 6.45) is 4.59. The quantitative estimate of drug-likeness (QED) is 0.677. The maximum absolute atomic E-state index is 13.4. The molecule has 0 unspecified atom stereocenters. The third-order valence-corrected chi connectivity index (χ3v) is 5.29. The van der Waals surface area contributed by atoms with E-state index >= 15 is 0 Å². The molecule has 0 amide bonds. The fourth-order valence-corrected chi connectivity index (χ4v) is 3.77. The number of nitrogens with zero attached hydrogens (tertiary/aromatic N) is 4. The van der Waals surface area contributed by atoms with Crippen LogP contribution < -0.4 is 5.73 Å². The summed E-state index contributed by atoms with van der Waals surface area (Å²) in [6, 6.07) is 13.7. The van der Waals surface area contributed by atoms with E-state index in [9.17, 15) is 8.78 Å². The van der Waals surface area contributed by atoms with E-state index in [1.54, 1.807) is 11.0 Å². The van der Waals surface area contributed by atoms with E-state index < -0.39 is 11.6 Å². The van der Waals surface area contributed by atoms with Gasteiger partial charge in [-0.05, 0) is 42.5 Å². The molecule has 4 rings (SSSR count). The Labute approximate surface area is 168 Å². The number of hydrogen-bond donors (Lipinski definition) is 1. The van der Waals surface area contributed by atoms with Crippen molar-refractivity contribution >= 4 is 5.82 Å². The van der Waals surface area contributed by atoms with Gasteiger partial charge in [0.2, 0.25) is 0 Å². The van der Waals surface area contributed by atoms with Gasteiger partial charge in [0.15, 0.2) is 17.8 Å². The van der Waals surface area contributed by atoms with Crippen molar-refractivity contribution in [2.24, 2.45) is 0 Å². The van der Waals surface area contributed by atoms with Crippen LogP contribution in [-0.2, 0) is 6.42 Å². The van der Waals surface area contributed by atoms with Crippen molar-refractivity contribution in [3.05, 3.63) is 71.3 Å². The number of benzene rings is 2. The van der Waals surface area contributed by atoms with Crippen molar-refractivity contribution in [2.45, 2.75) is 25.3 Å². The van der Waals surface area contributed by atoms with Gasteiger partial charge in [0.25, 0.3) is 0 Å². The summed E-state index contributed by atoms with van der Waals surface area (Å²) in [4.78, 5) is 1.74. The highest BCUT2D eigenvalue weighted by Crippen LogP contribution is 2.28. The number of halogens is 2. The maximum Gasteiger partial charge on any atom is 0.179 e. The molecule has 0 spiro atoms. The Balaban J connectivity index is 1.50. The summed E-state index contributed by atoms with van der Waals surface area (Å²) in [7, 11) is 0. The Morgan fingerprint density at radius 2 is 1.83 bits per heavy atom. The average Bonchev–Trinajstić information content (AvgIpc) is 3.13. The van der Waals surface area contributed by atoms with Gasteiger partial charge < -0.3 is 10.6 Å². The molecule has 5 nitrogen and oxygen atoms in total. The molecule has 2 heterocycles. The normalized spacial score (nSPS) is 16.6. The molecule has 1 fully saturated rings. The minimum absolute atomic E-state index is 0.0878. The molecule has 7 heteroatoms. The minimum Gasteiger partial charge on any atom is -0.384 e. The number of nitriles is 1. The van der Waals surface area contributed by atoms with Crippen molar-refractivity contribution in [3.8, 4) is 17.5 Å². The Morgan fingerprint density at radius 1 is 1.07 bits per heavy atom. The predicted octanol–water partition coefficient (Wildman–Crippen LogP) is 4.12. The molecule has 3 aromatic rings. The van der Waals surface area contributed by atoms with Crippen LogP contribution in [0.4, 0.5) is 14.6 Å². The summed E-state index contributed by atoms with van der Waals surface area (Å²) in [5, 5.41) is 13.8. The standard InChI is InChI=1S/C22H21F2N5/c23-19-8-5-16(11-20(19)24)10-15-3-6-17(7-4-15)21-12-22(26)29(27-21)18-2-1-9-28(13-18)14-25/h3-8,11-12,18H,1-2,9-10,13,26H2/t18-/m1/s1. The van der Waals surface area contributed by atoms with Gasteiger partial charge in [0.05, 0.1) is 18.3 Å². The molecular formula is C22H21F2N5. The van der Waals surface area contributed by atoms with Gasteiger partial charge in [-0.3, -0.25) is 0 Å². The molecule has 0 saturated carbocycles. The zero-order valence-corrected chi connectivity index (χ0v) is 15.9. The van der Waals surface area contributed by atoms with Crippen LogP contribution in [0.25, 0.3) is 11.3 Å². The number of nitrogen functional groups attached to an aromatic ring is 1. The first kappa shape index (κ1) is 18.9. The Morgan fingerprint density at radius 3 is 2.55 bits per heavy atom. The number of hydrogen-bond acceptors (Lipinski definition) is 4. The van der Waals surface area contributed by atoms with E-state index in [2.05, 4.69) is 11.3 Å². The number of aromatic nitrogens is 2. The van der Waals surface area contributed by atoms with Crippen molar-refractivity contribution in [3.63, 3.8) is 0 Å². The lowest BCUT2D eigenvalue weighted by molar-refractivity contribution is 0.235.